The number of hydrogen-bond acceptors (Lipinski definition) is 3. The van der Waals surface area contributed by atoms with Crippen LogP contribution in [0.2, 0.25) is 0 Å². The molecule has 14 heavy (non-hydrogen) atoms. The number of benzene rings is 1. The van der Waals surface area contributed by atoms with E-state index >= 15 is 0 Å². The van der Waals surface area contributed by atoms with Gasteiger partial charge in [-0.15, -0.1) is 0 Å². The molecule has 2 rings (SSSR count). The van der Waals surface area contributed by atoms with Crippen molar-refractivity contribution in [2.75, 3.05) is 7.11 Å². The smallest absolute Gasteiger partial charge is 0.176 e. The monoisotopic (exact) mass is 190 g/mol. The molecular formula is C10H10N2O2. The maximum Gasteiger partial charge on any atom is 0.176 e. The Bertz CT molecular complexity index is 488. The first kappa shape index (κ1) is 8.62. The summed E-state index contributed by atoms with van der Waals surface area (Å²) >= 11 is 0. The van der Waals surface area contributed by atoms with E-state index in [9.17, 15) is 0 Å². The van der Waals surface area contributed by atoms with Crippen LogP contribution in [-0.2, 0) is 0 Å². The zero-order valence-corrected chi connectivity index (χ0v) is 7.70. The average Bonchev–Trinajstić information content (AvgIpc) is 2.60. The minimum absolute atomic E-state index is 0.0803. The molecule has 0 atom stereocenters. The Morgan fingerprint density at radius 3 is 2.93 bits per heavy atom. The van der Waals surface area contributed by atoms with E-state index in [2.05, 4.69) is 0 Å². The maximum atomic E-state index is 7.24. The van der Waals surface area contributed by atoms with Gasteiger partial charge in [-0.3, -0.25) is 5.41 Å². The highest BCUT2D eigenvalue weighted by atomic mass is 16.5. The second-order valence-corrected chi connectivity index (χ2v) is 2.90. The Hall–Kier alpha value is -1.97. The molecular weight excluding hydrogens is 180 g/mol. The van der Waals surface area contributed by atoms with Gasteiger partial charge >= 0.3 is 0 Å². The van der Waals surface area contributed by atoms with E-state index in [1.165, 1.54) is 0 Å². The minimum Gasteiger partial charge on any atom is -0.493 e. The van der Waals surface area contributed by atoms with Gasteiger partial charge in [0.15, 0.2) is 22.9 Å². The number of amidine groups is 1. The fraction of sp³-hybridized carbons (Fsp3) is 0.100. The first-order chi connectivity index (χ1) is 6.72. The third kappa shape index (κ3) is 1.21. The molecule has 0 saturated carbocycles. The molecule has 0 aliphatic heterocycles. The number of ether oxygens (including phenoxy) is 1. The van der Waals surface area contributed by atoms with Gasteiger partial charge in [0.25, 0.3) is 0 Å². The second kappa shape index (κ2) is 3.06. The summed E-state index contributed by atoms with van der Waals surface area (Å²) in [4.78, 5) is 0. The third-order valence-corrected chi connectivity index (χ3v) is 1.99. The molecule has 0 unspecified atom stereocenters. The van der Waals surface area contributed by atoms with Crippen molar-refractivity contribution in [1.29, 1.82) is 5.41 Å². The standard InChI is InChI=1S/C10H10N2O2/c1-13-7-4-2-3-6-5-8(10(11)12)14-9(6)7/h2-5H,1H3,(H3,11,12). The summed E-state index contributed by atoms with van der Waals surface area (Å²) in [6.45, 7) is 0. The van der Waals surface area contributed by atoms with Crippen LogP contribution in [0.5, 0.6) is 5.75 Å². The molecule has 4 nitrogen and oxygen atoms in total. The van der Waals surface area contributed by atoms with Gasteiger partial charge in [0.2, 0.25) is 0 Å². The largest absolute Gasteiger partial charge is 0.493 e. The summed E-state index contributed by atoms with van der Waals surface area (Å²) in [6, 6.07) is 7.27. The molecule has 1 aromatic carbocycles. The predicted octanol–water partition coefficient (Wildman–Crippen LogP) is 1.73. The second-order valence-electron chi connectivity index (χ2n) is 2.90. The average molecular weight is 190 g/mol. The van der Waals surface area contributed by atoms with Gasteiger partial charge in [0, 0.05) is 5.39 Å². The van der Waals surface area contributed by atoms with Crippen LogP contribution in [0.4, 0.5) is 0 Å². The zero-order chi connectivity index (χ0) is 10.1. The summed E-state index contributed by atoms with van der Waals surface area (Å²) in [5.41, 5.74) is 5.94. The van der Waals surface area contributed by atoms with E-state index in [0.717, 1.165) is 5.39 Å². The first-order valence-electron chi connectivity index (χ1n) is 4.13. The summed E-state index contributed by atoms with van der Waals surface area (Å²) in [6.07, 6.45) is 0. The number of nitrogen functional groups attached to an aromatic ring is 1. The summed E-state index contributed by atoms with van der Waals surface area (Å²) in [5.74, 6) is 0.933. The van der Waals surface area contributed by atoms with E-state index in [0.29, 0.717) is 17.1 Å². The lowest BCUT2D eigenvalue weighted by molar-refractivity contribution is 0.410. The van der Waals surface area contributed by atoms with Crippen LogP contribution in [0.1, 0.15) is 5.76 Å². The van der Waals surface area contributed by atoms with Crippen LogP contribution in [0.15, 0.2) is 28.7 Å². The van der Waals surface area contributed by atoms with Crippen LogP contribution < -0.4 is 10.5 Å². The lowest BCUT2D eigenvalue weighted by Gasteiger charge is -1.98. The normalized spacial score (nSPS) is 10.4. The van der Waals surface area contributed by atoms with Crippen molar-refractivity contribution < 1.29 is 9.15 Å². The number of fused-ring (bicyclic) bond motifs is 1. The lowest BCUT2D eigenvalue weighted by atomic mass is 10.2. The van der Waals surface area contributed by atoms with Crippen LogP contribution in [0.3, 0.4) is 0 Å². The highest BCUT2D eigenvalue weighted by molar-refractivity contribution is 5.97. The third-order valence-electron chi connectivity index (χ3n) is 1.99. The van der Waals surface area contributed by atoms with Gasteiger partial charge in [-0.25, -0.2) is 0 Å². The Morgan fingerprint density at radius 2 is 2.29 bits per heavy atom. The van der Waals surface area contributed by atoms with E-state index in [1.54, 1.807) is 19.2 Å². The summed E-state index contributed by atoms with van der Waals surface area (Å²) in [5, 5.41) is 8.12. The number of rotatable bonds is 2. The number of nitrogens with one attached hydrogen (secondary N) is 1. The van der Waals surface area contributed by atoms with Crippen molar-refractivity contribution in [3.8, 4) is 5.75 Å². The Kier molecular flexibility index (Phi) is 1.89. The van der Waals surface area contributed by atoms with Crippen LogP contribution in [-0.4, -0.2) is 12.9 Å². The molecule has 0 fully saturated rings. The molecule has 0 amide bonds. The molecule has 0 radical (unpaired) electrons. The molecule has 0 spiro atoms. The SMILES string of the molecule is COc1cccc2cc(C(=N)N)oc12. The first-order valence-corrected chi connectivity index (χ1v) is 4.13. The minimum atomic E-state index is -0.0803. The van der Waals surface area contributed by atoms with Gasteiger partial charge in [-0.2, -0.15) is 0 Å². The summed E-state index contributed by atoms with van der Waals surface area (Å²) < 4.78 is 10.5. The summed E-state index contributed by atoms with van der Waals surface area (Å²) in [7, 11) is 1.57. The number of nitrogens with two attached hydrogens (primary N) is 1. The molecule has 0 aliphatic carbocycles. The van der Waals surface area contributed by atoms with Gasteiger partial charge in [0.05, 0.1) is 7.11 Å². The van der Waals surface area contributed by atoms with Gasteiger partial charge < -0.3 is 14.9 Å². The van der Waals surface area contributed by atoms with Crippen molar-refractivity contribution in [2.24, 2.45) is 5.73 Å². The van der Waals surface area contributed by atoms with Gasteiger partial charge in [0.1, 0.15) is 0 Å². The Morgan fingerprint density at radius 1 is 1.50 bits per heavy atom. The zero-order valence-electron chi connectivity index (χ0n) is 7.70. The van der Waals surface area contributed by atoms with E-state index in [4.69, 9.17) is 20.3 Å². The van der Waals surface area contributed by atoms with Crippen molar-refractivity contribution in [3.05, 3.63) is 30.0 Å². The maximum absolute atomic E-state index is 7.24. The van der Waals surface area contributed by atoms with Gasteiger partial charge in [-0.1, -0.05) is 12.1 Å². The number of para-hydroxylation sites is 1. The lowest BCUT2D eigenvalue weighted by Crippen LogP contribution is -2.09. The molecule has 3 N–H and O–H groups in total. The van der Waals surface area contributed by atoms with Crippen LogP contribution >= 0.6 is 0 Å². The van der Waals surface area contributed by atoms with Crippen molar-refractivity contribution >= 4 is 16.8 Å². The quantitative estimate of drug-likeness (QED) is 0.559. The van der Waals surface area contributed by atoms with Crippen LogP contribution in [0, 0.1) is 5.41 Å². The molecule has 1 heterocycles. The van der Waals surface area contributed by atoms with Crippen molar-refractivity contribution in [2.45, 2.75) is 0 Å². The molecule has 0 bridgehead atoms. The van der Waals surface area contributed by atoms with E-state index in [-0.39, 0.29) is 5.84 Å². The Labute approximate surface area is 80.8 Å². The van der Waals surface area contributed by atoms with Crippen molar-refractivity contribution in [1.82, 2.24) is 0 Å². The molecule has 4 heteroatoms. The topological polar surface area (TPSA) is 72.2 Å². The van der Waals surface area contributed by atoms with E-state index < -0.39 is 0 Å². The number of methoxy groups -OCH3 is 1. The molecule has 2 aromatic rings. The van der Waals surface area contributed by atoms with E-state index in [1.807, 2.05) is 12.1 Å². The molecule has 0 saturated heterocycles. The highest BCUT2D eigenvalue weighted by Crippen LogP contribution is 2.27. The predicted molar refractivity (Wildman–Crippen MR) is 53.8 cm³/mol. The molecule has 1 aromatic heterocycles. The van der Waals surface area contributed by atoms with Crippen molar-refractivity contribution in [3.63, 3.8) is 0 Å². The van der Waals surface area contributed by atoms with Gasteiger partial charge in [-0.05, 0) is 12.1 Å². The fourth-order valence-corrected chi connectivity index (χ4v) is 1.33. The number of furan rings is 1. The fourth-order valence-electron chi connectivity index (χ4n) is 1.33. The molecule has 0 aliphatic rings. The molecule has 72 valence electrons. The highest BCUT2D eigenvalue weighted by Gasteiger charge is 2.09. The Balaban J connectivity index is 2.70. The van der Waals surface area contributed by atoms with Crippen LogP contribution in [0.25, 0.3) is 11.0 Å². The number of hydrogen-bond donors (Lipinski definition) is 2.